The molecule has 0 aromatic heterocycles. The molecule has 0 heterocycles. The predicted octanol–water partition coefficient (Wildman–Crippen LogP) is 5.51. The molecule has 2 aromatic carbocycles. The van der Waals surface area contributed by atoms with E-state index < -0.39 is 34.6 Å². The maximum atomic E-state index is 12.9. The van der Waals surface area contributed by atoms with E-state index in [-0.39, 0.29) is 11.1 Å². The molecule has 0 aliphatic heterocycles. The van der Waals surface area contributed by atoms with Crippen LogP contribution >= 0.6 is 11.6 Å². The van der Waals surface area contributed by atoms with Crippen LogP contribution in [0.15, 0.2) is 36.4 Å². The number of anilines is 1. The van der Waals surface area contributed by atoms with E-state index in [0.29, 0.717) is 6.07 Å². The molecule has 2 nitrogen and oxygen atoms in total. The Morgan fingerprint density at radius 3 is 2.13 bits per heavy atom. The van der Waals surface area contributed by atoms with Crippen molar-refractivity contribution in [2.45, 2.75) is 12.5 Å². The molecule has 0 aliphatic carbocycles. The van der Waals surface area contributed by atoms with Crippen LogP contribution in [0, 0.1) is 0 Å². The minimum absolute atomic E-state index is 0.197. The van der Waals surface area contributed by atoms with Gasteiger partial charge in [-0.1, -0.05) is 29.8 Å². The van der Waals surface area contributed by atoms with Crippen molar-refractivity contribution in [3.05, 3.63) is 47.0 Å². The summed E-state index contributed by atoms with van der Waals surface area (Å²) in [5.74, 6) is -0.644. The molecule has 9 heteroatoms. The van der Waals surface area contributed by atoms with E-state index in [9.17, 15) is 26.3 Å². The highest BCUT2D eigenvalue weighted by molar-refractivity contribution is 6.33. The predicted molar refractivity (Wildman–Crippen MR) is 73.0 cm³/mol. The highest BCUT2D eigenvalue weighted by Crippen LogP contribution is 2.42. The number of para-hydroxylation sites is 1. The van der Waals surface area contributed by atoms with E-state index >= 15 is 0 Å². The fourth-order valence-corrected chi connectivity index (χ4v) is 2.15. The van der Waals surface area contributed by atoms with Crippen LogP contribution < -0.4 is 10.5 Å². The minimum Gasteiger partial charge on any atom is -0.405 e. The Bertz CT molecular complexity index is 726. The molecule has 124 valence electrons. The Kier molecular flexibility index (Phi) is 4.39. The number of hydrogen-bond donors (Lipinski definition) is 1. The molecule has 0 amide bonds. The van der Waals surface area contributed by atoms with Gasteiger partial charge in [-0.25, -0.2) is 0 Å². The lowest BCUT2D eigenvalue weighted by Gasteiger charge is -2.16. The Hall–Kier alpha value is -2.09. The first-order valence-corrected chi connectivity index (χ1v) is 6.38. The smallest absolute Gasteiger partial charge is 0.405 e. The molecule has 0 bridgehead atoms. The van der Waals surface area contributed by atoms with Crippen LogP contribution in [0.1, 0.15) is 5.56 Å². The van der Waals surface area contributed by atoms with Crippen LogP contribution in [0.5, 0.6) is 5.75 Å². The third-order valence-corrected chi connectivity index (χ3v) is 3.17. The lowest BCUT2D eigenvalue weighted by molar-refractivity contribution is -0.274. The summed E-state index contributed by atoms with van der Waals surface area (Å²) in [5, 5.41) is -0.420. The standard InChI is InChI=1S/C14H8ClF6NO/c15-10-6-7(5-9(12(10)22)13(16,17)18)8-3-1-2-4-11(8)23-14(19,20)21/h1-6H,22H2. The van der Waals surface area contributed by atoms with Crippen molar-refractivity contribution in [1.29, 1.82) is 0 Å². The molecule has 2 N–H and O–H groups in total. The highest BCUT2D eigenvalue weighted by Gasteiger charge is 2.35. The van der Waals surface area contributed by atoms with Crippen LogP contribution in [0.3, 0.4) is 0 Å². The van der Waals surface area contributed by atoms with Crippen molar-refractivity contribution in [3.8, 4) is 16.9 Å². The monoisotopic (exact) mass is 355 g/mol. The summed E-state index contributed by atoms with van der Waals surface area (Å²) in [7, 11) is 0. The van der Waals surface area contributed by atoms with Crippen molar-refractivity contribution in [1.82, 2.24) is 0 Å². The number of hydrogen-bond acceptors (Lipinski definition) is 2. The average Bonchev–Trinajstić information content (AvgIpc) is 2.39. The Morgan fingerprint density at radius 1 is 0.957 bits per heavy atom. The van der Waals surface area contributed by atoms with Gasteiger partial charge in [0.25, 0.3) is 0 Å². The number of rotatable bonds is 2. The van der Waals surface area contributed by atoms with E-state index in [1.54, 1.807) is 0 Å². The van der Waals surface area contributed by atoms with E-state index in [1.165, 1.54) is 18.2 Å². The summed E-state index contributed by atoms with van der Waals surface area (Å²) in [6, 6.07) is 6.46. The SMILES string of the molecule is Nc1c(Cl)cc(-c2ccccc2OC(F)(F)F)cc1C(F)(F)F. The van der Waals surface area contributed by atoms with E-state index in [2.05, 4.69) is 4.74 Å². The third-order valence-electron chi connectivity index (χ3n) is 2.86. The van der Waals surface area contributed by atoms with Gasteiger partial charge < -0.3 is 10.5 Å². The molecule has 0 unspecified atom stereocenters. The minimum atomic E-state index is -4.99. The van der Waals surface area contributed by atoms with Gasteiger partial charge in [0, 0.05) is 5.56 Å². The summed E-state index contributed by atoms with van der Waals surface area (Å²) in [6.45, 7) is 0. The number of nitrogens with two attached hydrogens (primary N) is 1. The Morgan fingerprint density at radius 2 is 1.57 bits per heavy atom. The van der Waals surface area contributed by atoms with Crippen LogP contribution in [0.2, 0.25) is 5.02 Å². The van der Waals surface area contributed by atoms with Crippen molar-refractivity contribution in [3.63, 3.8) is 0 Å². The maximum Gasteiger partial charge on any atom is 0.573 e. The van der Waals surface area contributed by atoms with E-state index in [0.717, 1.165) is 12.1 Å². The lowest BCUT2D eigenvalue weighted by atomic mass is 10.0. The number of alkyl halides is 6. The second kappa shape index (κ2) is 5.84. The first kappa shape index (κ1) is 17.3. The fourth-order valence-electron chi connectivity index (χ4n) is 1.93. The molecule has 0 saturated carbocycles. The summed E-state index contributed by atoms with van der Waals surface area (Å²) >= 11 is 5.67. The zero-order valence-electron chi connectivity index (χ0n) is 11.1. The summed E-state index contributed by atoms with van der Waals surface area (Å²) in [5.41, 5.74) is 2.97. The van der Waals surface area contributed by atoms with Gasteiger partial charge in [0.15, 0.2) is 0 Å². The molecule has 0 aliphatic rings. The number of nitrogen functional groups attached to an aromatic ring is 1. The van der Waals surface area contributed by atoms with Gasteiger partial charge in [0.05, 0.1) is 16.3 Å². The van der Waals surface area contributed by atoms with Crippen molar-refractivity contribution >= 4 is 17.3 Å². The highest BCUT2D eigenvalue weighted by atomic mass is 35.5. The fraction of sp³-hybridized carbons (Fsp3) is 0.143. The summed E-state index contributed by atoms with van der Waals surface area (Å²) in [4.78, 5) is 0. The van der Waals surface area contributed by atoms with Gasteiger partial charge in [-0.3, -0.25) is 0 Å². The summed E-state index contributed by atoms with van der Waals surface area (Å²) < 4.78 is 79.9. The largest absolute Gasteiger partial charge is 0.573 e. The molecule has 0 saturated heterocycles. The second-order valence-electron chi connectivity index (χ2n) is 4.46. The number of benzene rings is 2. The third kappa shape index (κ3) is 4.01. The first-order valence-electron chi connectivity index (χ1n) is 6.00. The van der Waals surface area contributed by atoms with Gasteiger partial charge >= 0.3 is 12.5 Å². The van der Waals surface area contributed by atoms with Gasteiger partial charge in [-0.2, -0.15) is 13.2 Å². The van der Waals surface area contributed by atoms with Crippen molar-refractivity contribution in [2.24, 2.45) is 0 Å². The normalized spacial score (nSPS) is 12.3. The quantitative estimate of drug-likeness (QED) is 0.569. The number of halogens is 7. The molecule has 0 spiro atoms. The van der Waals surface area contributed by atoms with Crippen LogP contribution in [0.25, 0.3) is 11.1 Å². The van der Waals surface area contributed by atoms with Crippen LogP contribution in [0.4, 0.5) is 32.0 Å². The van der Waals surface area contributed by atoms with Gasteiger partial charge in [0.2, 0.25) is 0 Å². The van der Waals surface area contributed by atoms with Gasteiger partial charge in [-0.05, 0) is 23.8 Å². The second-order valence-corrected chi connectivity index (χ2v) is 4.87. The molecule has 0 radical (unpaired) electrons. The van der Waals surface area contributed by atoms with Gasteiger partial charge in [0.1, 0.15) is 5.75 Å². The zero-order valence-corrected chi connectivity index (χ0v) is 11.9. The van der Waals surface area contributed by atoms with Crippen LogP contribution in [-0.2, 0) is 6.18 Å². The molecule has 2 aromatic rings. The molecular weight excluding hydrogens is 348 g/mol. The lowest BCUT2D eigenvalue weighted by Crippen LogP contribution is -2.17. The van der Waals surface area contributed by atoms with E-state index in [1.807, 2.05) is 0 Å². The molecule has 23 heavy (non-hydrogen) atoms. The zero-order chi connectivity index (χ0) is 17.4. The Balaban J connectivity index is 2.62. The first-order chi connectivity index (χ1) is 10.5. The maximum absolute atomic E-state index is 12.9. The number of ether oxygens (including phenoxy) is 1. The molecule has 0 atom stereocenters. The summed E-state index contributed by atoms with van der Waals surface area (Å²) in [6.07, 6.45) is -9.79. The Labute approximate surface area is 131 Å². The average molecular weight is 356 g/mol. The molecule has 0 fully saturated rings. The topological polar surface area (TPSA) is 35.2 Å². The molecular formula is C14H8ClF6NO. The van der Waals surface area contributed by atoms with Gasteiger partial charge in [-0.15, -0.1) is 13.2 Å². The van der Waals surface area contributed by atoms with E-state index in [4.69, 9.17) is 17.3 Å². The molecule has 2 rings (SSSR count). The van der Waals surface area contributed by atoms with Crippen molar-refractivity contribution in [2.75, 3.05) is 5.73 Å². The van der Waals surface area contributed by atoms with Crippen LogP contribution in [-0.4, -0.2) is 6.36 Å². The van der Waals surface area contributed by atoms with Crippen molar-refractivity contribution < 1.29 is 31.1 Å².